The molecule has 0 radical (unpaired) electrons. The Morgan fingerprint density at radius 1 is 1.30 bits per heavy atom. The summed E-state index contributed by atoms with van der Waals surface area (Å²) < 4.78 is 7.15. The predicted octanol–water partition coefficient (Wildman–Crippen LogP) is 2.96. The number of ether oxygens (including phenoxy) is 1. The van der Waals surface area contributed by atoms with E-state index in [1.165, 1.54) is 5.56 Å². The second kappa shape index (κ2) is 5.62. The van der Waals surface area contributed by atoms with Gasteiger partial charge in [0.25, 0.3) is 0 Å². The molecular formula is C15H24BrN3O. The third-order valence-corrected chi connectivity index (χ3v) is 3.71. The standard InChI is InChI=1S/C15H24BrN3O/c1-14(2)9-19(10-15(3,4)20-14)13-11(7-17-5)6-12(16)8-18-13/h6,8,17H,7,9-10H2,1-5H3. The van der Waals surface area contributed by atoms with Crippen LogP contribution >= 0.6 is 15.9 Å². The summed E-state index contributed by atoms with van der Waals surface area (Å²) in [5, 5.41) is 3.21. The molecule has 20 heavy (non-hydrogen) atoms. The third kappa shape index (κ3) is 3.71. The van der Waals surface area contributed by atoms with Gasteiger partial charge in [-0.3, -0.25) is 0 Å². The van der Waals surface area contributed by atoms with Crippen molar-refractivity contribution >= 4 is 21.7 Å². The molecule has 1 saturated heterocycles. The Labute approximate surface area is 130 Å². The van der Waals surface area contributed by atoms with Gasteiger partial charge in [-0.05, 0) is 56.7 Å². The van der Waals surface area contributed by atoms with E-state index in [0.29, 0.717) is 0 Å². The van der Waals surface area contributed by atoms with E-state index in [4.69, 9.17) is 4.74 Å². The first kappa shape index (κ1) is 15.7. The van der Waals surface area contributed by atoms with Crippen LogP contribution in [0.25, 0.3) is 0 Å². The first-order valence-electron chi connectivity index (χ1n) is 6.97. The van der Waals surface area contributed by atoms with E-state index in [1.807, 2.05) is 13.2 Å². The van der Waals surface area contributed by atoms with E-state index in [1.54, 1.807) is 0 Å². The van der Waals surface area contributed by atoms with Crippen LogP contribution in [0.4, 0.5) is 5.82 Å². The number of halogens is 1. The number of hydrogen-bond acceptors (Lipinski definition) is 4. The van der Waals surface area contributed by atoms with Gasteiger partial charge in [0.2, 0.25) is 0 Å². The number of anilines is 1. The Kier molecular flexibility index (Phi) is 4.42. The highest BCUT2D eigenvalue weighted by Gasteiger charge is 2.39. The van der Waals surface area contributed by atoms with Crippen molar-refractivity contribution < 1.29 is 4.74 Å². The van der Waals surface area contributed by atoms with E-state index < -0.39 is 0 Å². The molecule has 1 aliphatic heterocycles. The summed E-state index contributed by atoms with van der Waals surface area (Å²) in [7, 11) is 1.96. The van der Waals surface area contributed by atoms with E-state index in [0.717, 1.165) is 29.9 Å². The first-order valence-corrected chi connectivity index (χ1v) is 7.76. The number of hydrogen-bond donors (Lipinski definition) is 1. The maximum absolute atomic E-state index is 6.14. The number of nitrogens with one attached hydrogen (secondary N) is 1. The lowest BCUT2D eigenvalue weighted by molar-refractivity contribution is -0.133. The molecule has 4 nitrogen and oxygen atoms in total. The summed E-state index contributed by atoms with van der Waals surface area (Å²) in [5.41, 5.74) is 0.858. The summed E-state index contributed by atoms with van der Waals surface area (Å²) in [5.74, 6) is 1.05. The van der Waals surface area contributed by atoms with Crippen molar-refractivity contribution in [2.24, 2.45) is 0 Å². The largest absolute Gasteiger partial charge is 0.366 e. The molecule has 0 atom stereocenters. The van der Waals surface area contributed by atoms with Crippen LogP contribution in [0.1, 0.15) is 33.3 Å². The van der Waals surface area contributed by atoms with Crippen molar-refractivity contribution in [1.29, 1.82) is 0 Å². The van der Waals surface area contributed by atoms with Crippen LogP contribution in [-0.2, 0) is 11.3 Å². The molecule has 5 heteroatoms. The predicted molar refractivity (Wildman–Crippen MR) is 86.2 cm³/mol. The van der Waals surface area contributed by atoms with Gasteiger partial charge < -0.3 is 15.0 Å². The summed E-state index contributed by atoms with van der Waals surface area (Å²) in [6.07, 6.45) is 1.87. The lowest BCUT2D eigenvalue weighted by atomic mass is 9.98. The highest BCUT2D eigenvalue weighted by molar-refractivity contribution is 9.10. The summed E-state index contributed by atoms with van der Waals surface area (Å²) in [4.78, 5) is 6.97. The molecule has 0 aromatic carbocycles. The molecule has 1 aromatic heterocycles. The van der Waals surface area contributed by atoms with E-state index in [9.17, 15) is 0 Å². The smallest absolute Gasteiger partial charge is 0.133 e. The highest BCUT2D eigenvalue weighted by atomic mass is 79.9. The van der Waals surface area contributed by atoms with Crippen LogP contribution in [0.2, 0.25) is 0 Å². The van der Waals surface area contributed by atoms with Crippen LogP contribution in [-0.4, -0.2) is 36.3 Å². The number of nitrogens with zero attached hydrogens (tertiary/aromatic N) is 2. The fraction of sp³-hybridized carbons (Fsp3) is 0.667. The Morgan fingerprint density at radius 2 is 1.90 bits per heavy atom. The minimum Gasteiger partial charge on any atom is -0.366 e. The summed E-state index contributed by atoms with van der Waals surface area (Å²) in [6.45, 7) is 11.0. The highest BCUT2D eigenvalue weighted by Crippen LogP contribution is 2.32. The second-order valence-electron chi connectivity index (χ2n) is 6.64. The monoisotopic (exact) mass is 341 g/mol. The second-order valence-corrected chi connectivity index (χ2v) is 7.56. The zero-order valence-electron chi connectivity index (χ0n) is 13.0. The van der Waals surface area contributed by atoms with Crippen LogP contribution in [0, 0.1) is 0 Å². The van der Waals surface area contributed by atoms with Crippen LogP contribution in [0.3, 0.4) is 0 Å². The van der Waals surface area contributed by atoms with Crippen molar-refractivity contribution in [3.63, 3.8) is 0 Å². The van der Waals surface area contributed by atoms with Crippen molar-refractivity contribution in [3.05, 3.63) is 22.3 Å². The van der Waals surface area contributed by atoms with Gasteiger partial charge in [0.1, 0.15) is 5.82 Å². The molecule has 0 amide bonds. The molecule has 2 heterocycles. The Hall–Kier alpha value is -0.650. The fourth-order valence-electron chi connectivity index (χ4n) is 3.02. The van der Waals surface area contributed by atoms with Crippen LogP contribution in [0.5, 0.6) is 0 Å². The molecule has 0 unspecified atom stereocenters. The minimum atomic E-state index is -0.173. The van der Waals surface area contributed by atoms with Gasteiger partial charge in [-0.15, -0.1) is 0 Å². The molecule has 1 aliphatic rings. The maximum atomic E-state index is 6.14. The Bertz CT molecular complexity index is 472. The van der Waals surface area contributed by atoms with Crippen molar-refractivity contribution in [1.82, 2.24) is 10.3 Å². The van der Waals surface area contributed by atoms with Crippen molar-refractivity contribution in [3.8, 4) is 0 Å². The average molecular weight is 342 g/mol. The first-order chi connectivity index (χ1) is 9.22. The topological polar surface area (TPSA) is 37.4 Å². The van der Waals surface area contributed by atoms with Gasteiger partial charge in [0.05, 0.1) is 11.2 Å². The van der Waals surface area contributed by atoms with E-state index in [2.05, 4.69) is 64.9 Å². The normalized spacial score (nSPS) is 21.0. The zero-order valence-corrected chi connectivity index (χ0v) is 14.5. The molecule has 0 spiro atoms. The van der Waals surface area contributed by atoms with Gasteiger partial charge in [-0.2, -0.15) is 0 Å². The number of morpholine rings is 1. The van der Waals surface area contributed by atoms with Gasteiger partial charge in [-0.1, -0.05) is 0 Å². The molecule has 0 bridgehead atoms. The van der Waals surface area contributed by atoms with Gasteiger partial charge >= 0.3 is 0 Å². The van der Waals surface area contributed by atoms with Gasteiger partial charge in [-0.25, -0.2) is 4.98 Å². The molecule has 0 saturated carbocycles. The zero-order chi connectivity index (χ0) is 15.0. The minimum absolute atomic E-state index is 0.173. The molecule has 2 rings (SSSR count). The summed E-state index contributed by atoms with van der Waals surface area (Å²) in [6, 6.07) is 2.13. The fourth-order valence-corrected chi connectivity index (χ4v) is 3.40. The lowest BCUT2D eigenvalue weighted by Crippen LogP contribution is -2.57. The van der Waals surface area contributed by atoms with Crippen LogP contribution in [0.15, 0.2) is 16.7 Å². The SMILES string of the molecule is CNCc1cc(Br)cnc1N1CC(C)(C)OC(C)(C)C1. The average Bonchev–Trinajstić information content (AvgIpc) is 2.25. The Morgan fingerprint density at radius 3 is 2.45 bits per heavy atom. The molecule has 112 valence electrons. The number of aromatic nitrogens is 1. The van der Waals surface area contributed by atoms with Crippen molar-refractivity contribution in [2.45, 2.75) is 45.4 Å². The Balaban J connectivity index is 2.35. The van der Waals surface area contributed by atoms with Crippen LogP contribution < -0.4 is 10.2 Å². The summed E-state index contributed by atoms with van der Waals surface area (Å²) >= 11 is 3.50. The third-order valence-electron chi connectivity index (χ3n) is 3.27. The quantitative estimate of drug-likeness (QED) is 0.917. The van der Waals surface area contributed by atoms with E-state index in [-0.39, 0.29) is 11.2 Å². The number of rotatable bonds is 3. The molecule has 1 N–H and O–H groups in total. The van der Waals surface area contributed by atoms with E-state index >= 15 is 0 Å². The molecule has 0 aliphatic carbocycles. The van der Waals surface area contributed by atoms with Gasteiger partial charge in [0.15, 0.2) is 0 Å². The lowest BCUT2D eigenvalue weighted by Gasteiger charge is -2.48. The molecule has 1 aromatic rings. The van der Waals surface area contributed by atoms with Gasteiger partial charge in [0, 0.05) is 35.9 Å². The molecule has 1 fully saturated rings. The molecular weight excluding hydrogens is 318 g/mol. The number of pyridine rings is 1. The maximum Gasteiger partial charge on any atom is 0.133 e. The van der Waals surface area contributed by atoms with Crippen molar-refractivity contribution in [2.75, 3.05) is 25.0 Å².